The van der Waals surface area contributed by atoms with E-state index in [0.29, 0.717) is 25.3 Å². The summed E-state index contributed by atoms with van der Waals surface area (Å²) in [5.74, 6) is -1.35. The normalized spacial score (nSPS) is 21.7. The number of amides is 4. The van der Waals surface area contributed by atoms with Crippen LogP contribution in [0, 0.1) is 0 Å². The van der Waals surface area contributed by atoms with Crippen LogP contribution in [0.25, 0.3) is 0 Å². The number of nitrogens with one attached hydrogen (secondary N) is 3. The highest BCUT2D eigenvalue weighted by molar-refractivity contribution is 6.01. The molecular formula is C30H39N5O6. The van der Waals surface area contributed by atoms with Gasteiger partial charge in [0.1, 0.15) is 30.2 Å². The summed E-state index contributed by atoms with van der Waals surface area (Å²) in [4.78, 5) is 57.4. The molecule has 3 atom stereocenters. The second kappa shape index (κ2) is 14.0. The Labute approximate surface area is 240 Å². The van der Waals surface area contributed by atoms with Gasteiger partial charge in [0.15, 0.2) is 0 Å². The van der Waals surface area contributed by atoms with Crippen molar-refractivity contribution < 1.29 is 29.0 Å². The van der Waals surface area contributed by atoms with Crippen LogP contribution < -0.4 is 20.7 Å². The molecule has 2 aromatic carbocycles. The van der Waals surface area contributed by atoms with Gasteiger partial charge in [0, 0.05) is 19.5 Å². The second-order valence-electron chi connectivity index (χ2n) is 10.8. The van der Waals surface area contributed by atoms with E-state index in [0.717, 1.165) is 24.9 Å². The molecule has 1 fully saturated rings. The van der Waals surface area contributed by atoms with Crippen LogP contribution in [0.4, 0.5) is 0 Å². The maximum atomic E-state index is 13.8. The Balaban J connectivity index is 1.61. The topological polar surface area (TPSA) is 140 Å². The first kappa shape index (κ1) is 29.9. The van der Waals surface area contributed by atoms with Crippen LogP contribution in [-0.2, 0) is 20.8 Å². The minimum atomic E-state index is -1.16. The molecule has 41 heavy (non-hydrogen) atoms. The number of carbonyl (C=O) groups excluding carboxylic acids is 4. The first-order valence-electron chi connectivity index (χ1n) is 14.0. The fourth-order valence-corrected chi connectivity index (χ4v) is 5.15. The van der Waals surface area contributed by atoms with Crippen LogP contribution >= 0.6 is 0 Å². The highest BCUT2D eigenvalue weighted by Crippen LogP contribution is 2.24. The van der Waals surface area contributed by atoms with Crippen molar-refractivity contribution in [2.24, 2.45) is 0 Å². The SMILES string of the molecule is CN(C)CCCNC(=O)[C@@H]1CC(=O)N[C@@H](Cc2ccc(O)cc2)C(=O)N2CCC[C@@H]2COc2ccccc2C(=O)N1. The molecule has 4 amide bonds. The summed E-state index contributed by atoms with van der Waals surface area (Å²) in [6.45, 7) is 1.85. The number of para-hydroxylation sites is 1. The molecule has 0 aliphatic carbocycles. The molecular weight excluding hydrogens is 526 g/mol. The van der Waals surface area contributed by atoms with Crippen molar-refractivity contribution in [1.29, 1.82) is 0 Å². The molecule has 11 nitrogen and oxygen atoms in total. The molecule has 220 valence electrons. The number of benzene rings is 2. The maximum Gasteiger partial charge on any atom is 0.255 e. The fraction of sp³-hybridized carbons (Fsp3) is 0.467. The predicted molar refractivity (Wildman–Crippen MR) is 152 cm³/mol. The number of rotatable bonds is 7. The van der Waals surface area contributed by atoms with Crippen molar-refractivity contribution in [2.75, 3.05) is 40.3 Å². The van der Waals surface area contributed by atoms with E-state index in [1.165, 1.54) is 12.1 Å². The molecule has 0 aromatic heterocycles. The molecule has 0 spiro atoms. The summed E-state index contributed by atoms with van der Waals surface area (Å²) in [7, 11) is 3.87. The van der Waals surface area contributed by atoms with Gasteiger partial charge in [-0.3, -0.25) is 19.2 Å². The molecule has 2 aromatic rings. The minimum Gasteiger partial charge on any atom is -0.508 e. The average Bonchev–Trinajstić information content (AvgIpc) is 3.42. The number of aromatic hydroxyl groups is 1. The summed E-state index contributed by atoms with van der Waals surface area (Å²) >= 11 is 0. The lowest BCUT2D eigenvalue weighted by molar-refractivity contribution is -0.138. The van der Waals surface area contributed by atoms with Crippen molar-refractivity contribution >= 4 is 23.6 Å². The van der Waals surface area contributed by atoms with Crippen LogP contribution in [0.3, 0.4) is 0 Å². The van der Waals surface area contributed by atoms with E-state index in [1.807, 2.05) is 19.0 Å². The molecule has 11 heteroatoms. The molecule has 2 heterocycles. The number of ether oxygens (including phenoxy) is 1. The van der Waals surface area contributed by atoms with Crippen LogP contribution in [0.2, 0.25) is 0 Å². The molecule has 4 rings (SSSR count). The van der Waals surface area contributed by atoms with E-state index in [4.69, 9.17) is 4.74 Å². The Bertz CT molecular complexity index is 1230. The average molecular weight is 566 g/mol. The summed E-state index contributed by atoms with van der Waals surface area (Å²) in [5.41, 5.74) is 1.00. The maximum absolute atomic E-state index is 13.8. The monoisotopic (exact) mass is 565 g/mol. The fourth-order valence-electron chi connectivity index (χ4n) is 5.15. The third kappa shape index (κ3) is 8.20. The molecule has 1 saturated heterocycles. The number of nitrogens with zero attached hydrogens (tertiary/aromatic N) is 2. The van der Waals surface area contributed by atoms with Crippen molar-refractivity contribution in [3.05, 3.63) is 59.7 Å². The Morgan fingerprint density at radius 1 is 1.10 bits per heavy atom. The standard InChI is InChI=1S/C30H39N5O6/c1-34(2)15-6-14-31-29(39)24-18-27(37)32-25(17-20-10-12-22(36)13-11-20)30(40)35-16-5-7-21(35)19-41-26-9-4-3-8-23(26)28(38)33-24/h3-4,8-13,21,24-25,36H,5-7,14-19H2,1-2H3,(H,31,39)(H,32,37)(H,33,38)/t21-,24+,25+/m1/s1. The van der Waals surface area contributed by atoms with Gasteiger partial charge in [-0.2, -0.15) is 0 Å². The third-order valence-electron chi connectivity index (χ3n) is 7.33. The lowest BCUT2D eigenvalue weighted by Crippen LogP contribution is -2.54. The molecule has 0 bridgehead atoms. The highest BCUT2D eigenvalue weighted by atomic mass is 16.5. The van der Waals surface area contributed by atoms with E-state index in [2.05, 4.69) is 16.0 Å². The van der Waals surface area contributed by atoms with Gasteiger partial charge >= 0.3 is 0 Å². The Hall–Kier alpha value is -4.12. The smallest absolute Gasteiger partial charge is 0.255 e. The molecule has 2 aliphatic rings. The number of phenols is 1. The van der Waals surface area contributed by atoms with Crippen LogP contribution in [-0.4, -0.2) is 97.0 Å². The highest BCUT2D eigenvalue weighted by Gasteiger charge is 2.36. The minimum absolute atomic E-state index is 0.0994. The first-order valence-corrected chi connectivity index (χ1v) is 14.0. The molecule has 0 unspecified atom stereocenters. The van der Waals surface area contributed by atoms with Crippen molar-refractivity contribution in [2.45, 2.75) is 50.2 Å². The Kier molecular flexibility index (Phi) is 10.2. The van der Waals surface area contributed by atoms with Crippen LogP contribution in [0.1, 0.15) is 41.6 Å². The largest absolute Gasteiger partial charge is 0.508 e. The molecule has 0 radical (unpaired) electrons. The van der Waals surface area contributed by atoms with Crippen LogP contribution in [0.15, 0.2) is 48.5 Å². The summed E-state index contributed by atoms with van der Waals surface area (Å²) in [6.07, 6.45) is 2.07. The number of hydrogen-bond acceptors (Lipinski definition) is 7. The van der Waals surface area contributed by atoms with Crippen molar-refractivity contribution in [3.8, 4) is 11.5 Å². The Morgan fingerprint density at radius 2 is 1.85 bits per heavy atom. The van der Waals surface area contributed by atoms with E-state index >= 15 is 0 Å². The quantitative estimate of drug-likeness (QED) is 0.368. The van der Waals surface area contributed by atoms with Gasteiger partial charge in [0.2, 0.25) is 17.7 Å². The lowest BCUT2D eigenvalue weighted by atomic mass is 10.0. The summed E-state index contributed by atoms with van der Waals surface area (Å²) < 4.78 is 6.08. The van der Waals surface area contributed by atoms with E-state index in [1.54, 1.807) is 41.3 Å². The van der Waals surface area contributed by atoms with Gasteiger partial charge in [-0.05, 0) is 69.7 Å². The predicted octanol–water partition coefficient (Wildman–Crippen LogP) is 1.06. The van der Waals surface area contributed by atoms with Gasteiger partial charge in [-0.15, -0.1) is 0 Å². The third-order valence-corrected chi connectivity index (χ3v) is 7.33. The summed E-state index contributed by atoms with van der Waals surface area (Å²) in [5, 5.41) is 18.0. The molecule has 4 N–H and O–H groups in total. The Morgan fingerprint density at radius 3 is 2.61 bits per heavy atom. The van der Waals surface area contributed by atoms with Crippen molar-refractivity contribution in [1.82, 2.24) is 25.8 Å². The first-order chi connectivity index (χ1) is 19.7. The van der Waals surface area contributed by atoms with Crippen LogP contribution in [0.5, 0.6) is 11.5 Å². The van der Waals surface area contributed by atoms with Gasteiger partial charge in [-0.25, -0.2) is 0 Å². The zero-order valence-electron chi connectivity index (χ0n) is 23.6. The van der Waals surface area contributed by atoms with Gasteiger partial charge < -0.3 is 35.6 Å². The number of phenolic OH excluding ortho intramolecular Hbond substituents is 1. The van der Waals surface area contributed by atoms with E-state index in [9.17, 15) is 24.3 Å². The van der Waals surface area contributed by atoms with Gasteiger partial charge in [-0.1, -0.05) is 24.3 Å². The summed E-state index contributed by atoms with van der Waals surface area (Å²) in [6, 6.07) is 10.9. The second-order valence-corrected chi connectivity index (χ2v) is 10.8. The number of hydrogen-bond donors (Lipinski definition) is 4. The lowest BCUT2D eigenvalue weighted by Gasteiger charge is -2.30. The van der Waals surface area contributed by atoms with Gasteiger partial charge in [0.05, 0.1) is 18.0 Å². The van der Waals surface area contributed by atoms with Gasteiger partial charge in [0.25, 0.3) is 5.91 Å². The molecule has 2 aliphatic heterocycles. The number of carbonyl (C=O) groups is 4. The molecule has 0 saturated carbocycles. The number of fused-ring (bicyclic) bond motifs is 2. The zero-order valence-corrected chi connectivity index (χ0v) is 23.6. The van der Waals surface area contributed by atoms with E-state index in [-0.39, 0.29) is 42.7 Å². The zero-order chi connectivity index (χ0) is 29.4. The van der Waals surface area contributed by atoms with E-state index < -0.39 is 29.8 Å². The van der Waals surface area contributed by atoms with Crippen molar-refractivity contribution in [3.63, 3.8) is 0 Å².